The van der Waals surface area contributed by atoms with Crippen LogP contribution in [0.3, 0.4) is 0 Å². The molecule has 0 aliphatic carbocycles. The highest BCUT2D eigenvalue weighted by atomic mass is 35.5. The molecule has 0 amide bonds. The Balaban J connectivity index is 2.12. The quantitative estimate of drug-likeness (QED) is 0.562. The van der Waals surface area contributed by atoms with Crippen LogP contribution < -0.4 is 0 Å². The lowest BCUT2D eigenvalue weighted by atomic mass is 10.2. The molecule has 0 spiro atoms. The van der Waals surface area contributed by atoms with Crippen molar-refractivity contribution in [3.05, 3.63) is 18.0 Å². The number of alkyl halides is 1. The molecule has 0 N–H and O–H groups in total. The summed E-state index contributed by atoms with van der Waals surface area (Å²) in [6.07, 6.45) is 4.25. The van der Waals surface area contributed by atoms with Crippen molar-refractivity contribution in [3.8, 4) is 0 Å². The summed E-state index contributed by atoms with van der Waals surface area (Å²) in [5, 5.41) is 4.12. The predicted octanol–water partition coefficient (Wildman–Crippen LogP) is 1.27. The summed E-state index contributed by atoms with van der Waals surface area (Å²) in [5.41, 5.74) is 0.576. The largest absolute Gasteiger partial charge is 0.379 e. The molecule has 1 aromatic heterocycles. The number of nitrogens with zero attached hydrogens (tertiary/aromatic N) is 2. The number of carbonyl (C=O) groups excluding carboxylic acids is 1. The Hall–Kier alpha value is -0.870. The van der Waals surface area contributed by atoms with E-state index in [9.17, 15) is 4.79 Å². The number of hydrogen-bond donors (Lipinski definition) is 0. The highest BCUT2D eigenvalue weighted by Gasteiger charge is 2.19. The fourth-order valence-electron chi connectivity index (χ4n) is 1.49. The Bertz CT molecular complexity index is 331. The molecular weight excluding hydrogens is 204 g/mol. The summed E-state index contributed by atoms with van der Waals surface area (Å²) >= 11 is 5.44. The Kier molecular flexibility index (Phi) is 2.84. The van der Waals surface area contributed by atoms with Gasteiger partial charge in [-0.3, -0.25) is 9.48 Å². The van der Waals surface area contributed by atoms with E-state index < -0.39 is 0 Å². The molecule has 14 heavy (non-hydrogen) atoms. The summed E-state index contributed by atoms with van der Waals surface area (Å²) in [6.45, 7) is 1.44. The van der Waals surface area contributed by atoms with E-state index in [0.29, 0.717) is 12.2 Å². The van der Waals surface area contributed by atoms with E-state index in [0.717, 1.165) is 13.0 Å². The van der Waals surface area contributed by atoms with Crippen LogP contribution in [0.5, 0.6) is 0 Å². The zero-order chi connectivity index (χ0) is 9.97. The molecule has 2 heterocycles. The summed E-state index contributed by atoms with van der Waals surface area (Å²) in [5.74, 6) is -0.0795. The van der Waals surface area contributed by atoms with Crippen LogP contribution in [0.15, 0.2) is 12.4 Å². The smallest absolute Gasteiger partial charge is 0.180 e. The maximum Gasteiger partial charge on any atom is 0.180 e. The first kappa shape index (κ1) is 9.68. The number of carbonyl (C=O) groups is 1. The van der Waals surface area contributed by atoms with E-state index in [1.165, 1.54) is 0 Å². The molecule has 1 aliphatic heterocycles. The maximum absolute atomic E-state index is 11.2. The summed E-state index contributed by atoms with van der Waals surface area (Å²) < 4.78 is 7.02. The van der Waals surface area contributed by atoms with Crippen LogP contribution in [0.25, 0.3) is 0 Å². The van der Waals surface area contributed by atoms with E-state index in [1.807, 2.05) is 0 Å². The van der Waals surface area contributed by atoms with Crippen molar-refractivity contribution in [1.29, 1.82) is 0 Å². The van der Waals surface area contributed by atoms with Gasteiger partial charge in [0.2, 0.25) is 0 Å². The van der Waals surface area contributed by atoms with Gasteiger partial charge in [-0.05, 0) is 6.42 Å². The molecule has 1 saturated heterocycles. The minimum absolute atomic E-state index is 0.00681. The second-order valence-electron chi connectivity index (χ2n) is 3.28. The molecule has 1 aliphatic rings. The number of halogens is 1. The lowest BCUT2D eigenvalue weighted by Gasteiger charge is -2.06. The molecule has 0 bridgehead atoms. The average molecular weight is 215 g/mol. The lowest BCUT2D eigenvalue weighted by molar-refractivity contribution is 0.102. The SMILES string of the molecule is O=C(CCl)c1cnn([C@@H]2CCOC2)c1. The number of ether oxygens (including phenoxy) is 1. The van der Waals surface area contributed by atoms with E-state index >= 15 is 0 Å². The van der Waals surface area contributed by atoms with Crippen molar-refractivity contribution in [2.24, 2.45) is 0 Å². The molecule has 0 aromatic carbocycles. The van der Waals surface area contributed by atoms with Crippen molar-refractivity contribution in [2.75, 3.05) is 19.1 Å². The van der Waals surface area contributed by atoms with Crippen LogP contribution in [0.2, 0.25) is 0 Å². The normalized spacial score (nSPS) is 21.4. The van der Waals surface area contributed by atoms with Gasteiger partial charge in [-0.1, -0.05) is 0 Å². The molecule has 0 unspecified atom stereocenters. The number of hydrogen-bond acceptors (Lipinski definition) is 3. The second-order valence-corrected chi connectivity index (χ2v) is 3.55. The number of ketones is 1. The van der Waals surface area contributed by atoms with E-state index in [1.54, 1.807) is 17.1 Å². The first-order chi connectivity index (χ1) is 6.81. The molecule has 0 radical (unpaired) electrons. The number of aromatic nitrogens is 2. The number of rotatable bonds is 3. The zero-order valence-corrected chi connectivity index (χ0v) is 8.41. The average Bonchev–Trinajstić information content (AvgIpc) is 2.86. The molecule has 1 atom stereocenters. The van der Waals surface area contributed by atoms with Crippen molar-refractivity contribution in [3.63, 3.8) is 0 Å². The van der Waals surface area contributed by atoms with Crippen LogP contribution in [0.4, 0.5) is 0 Å². The Labute approximate surface area is 86.8 Å². The van der Waals surface area contributed by atoms with Crippen LogP contribution >= 0.6 is 11.6 Å². The van der Waals surface area contributed by atoms with Gasteiger partial charge in [0, 0.05) is 12.8 Å². The van der Waals surface area contributed by atoms with E-state index in [2.05, 4.69) is 5.10 Å². The minimum atomic E-state index is -0.0863. The lowest BCUT2D eigenvalue weighted by Crippen LogP contribution is -2.09. The Morgan fingerprint density at radius 3 is 3.29 bits per heavy atom. The van der Waals surface area contributed by atoms with Crippen LogP contribution in [0, 0.1) is 0 Å². The zero-order valence-electron chi connectivity index (χ0n) is 7.65. The van der Waals surface area contributed by atoms with Crippen molar-refractivity contribution in [2.45, 2.75) is 12.5 Å². The van der Waals surface area contributed by atoms with Gasteiger partial charge in [-0.25, -0.2) is 0 Å². The highest BCUT2D eigenvalue weighted by Crippen LogP contribution is 2.18. The highest BCUT2D eigenvalue weighted by molar-refractivity contribution is 6.30. The van der Waals surface area contributed by atoms with Gasteiger partial charge in [-0.2, -0.15) is 5.10 Å². The third-order valence-corrected chi connectivity index (χ3v) is 2.57. The molecule has 4 nitrogen and oxygen atoms in total. The summed E-state index contributed by atoms with van der Waals surface area (Å²) in [7, 11) is 0. The molecular formula is C9H11ClN2O2. The molecule has 0 saturated carbocycles. The molecule has 1 aromatic rings. The van der Waals surface area contributed by atoms with Crippen molar-refractivity contribution >= 4 is 17.4 Å². The van der Waals surface area contributed by atoms with Crippen molar-refractivity contribution < 1.29 is 9.53 Å². The van der Waals surface area contributed by atoms with Gasteiger partial charge in [0.1, 0.15) is 0 Å². The molecule has 1 fully saturated rings. The number of Topliss-reactive ketones (excluding diaryl/α,β-unsaturated/α-hetero) is 1. The third-order valence-electron chi connectivity index (χ3n) is 2.32. The van der Waals surface area contributed by atoms with Crippen LogP contribution in [0.1, 0.15) is 22.8 Å². The first-order valence-corrected chi connectivity index (χ1v) is 5.06. The maximum atomic E-state index is 11.2. The third kappa shape index (κ3) is 1.81. The topological polar surface area (TPSA) is 44.1 Å². The fraction of sp³-hybridized carbons (Fsp3) is 0.556. The second kappa shape index (κ2) is 4.11. The summed E-state index contributed by atoms with van der Waals surface area (Å²) in [4.78, 5) is 11.2. The van der Waals surface area contributed by atoms with Crippen LogP contribution in [-0.2, 0) is 4.74 Å². The Morgan fingerprint density at radius 2 is 2.64 bits per heavy atom. The molecule has 5 heteroatoms. The van der Waals surface area contributed by atoms with Gasteiger partial charge in [0.25, 0.3) is 0 Å². The van der Waals surface area contributed by atoms with Gasteiger partial charge in [0.15, 0.2) is 5.78 Å². The van der Waals surface area contributed by atoms with Gasteiger partial charge in [0.05, 0.1) is 30.3 Å². The predicted molar refractivity (Wildman–Crippen MR) is 51.8 cm³/mol. The van der Waals surface area contributed by atoms with Gasteiger partial charge in [-0.15, -0.1) is 11.6 Å². The van der Waals surface area contributed by atoms with Gasteiger partial charge < -0.3 is 4.74 Å². The monoisotopic (exact) mass is 214 g/mol. The standard InChI is InChI=1S/C9H11ClN2O2/c10-3-9(13)7-4-11-12(5-7)8-1-2-14-6-8/h4-5,8H,1-3,6H2/t8-/m1/s1. The summed E-state index contributed by atoms with van der Waals surface area (Å²) in [6, 6.07) is 0.270. The van der Waals surface area contributed by atoms with Crippen molar-refractivity contribution in [1.82, 2.24) is 9.78 Å². The van der Waals surface area contributed by atoms with E-state index in [-0.39, 0.29) is 17.7 Å². The van der Waals surface area contributed by atoms with E-state index in [4.69, 9.17) is 16.3 Å². The van der Waals surface area contributed by atoms with Crippen LogP contribution in [-0.4, -0.2) is 34.7 Å². The first-order valence-electron chi connectivity index (χ1n) is 4.52. The minimum Gasteiger partial charge on any atom is -0.379 e. The fourth-order valence-corrected chi connectivity index (χ4v) is 1.64. The molecule has 2 rings (SSSR count). The molecule has 76 valence electrons. The van der Waals surface area contributed by atoms with Gasteiger partial charge >= 0.3 is 0 Å². The Morgan fingerprint density at radius 1 is 1.79 bits per heavy atom.